The summed E-state index contributed by atoms with van der Waals surface area (Å²) in [5.41, 5.74) is 7.02. The molecule has 0 unspecified atom stereocenters. The number of quaternary nitrogens is 1. The molecule has 0 fully saturated rings. The van der Waals surface area contributed by atoms with Crippen molar-refractivity contribution in [2.45, 2.75) is 113 Å². The number of hydrogen-bond donors (Lipinski definition) is 0. The topological polar surface area (TPSA) is 0 Å². The summed E-state index contributed by atoms with van der Waals surface area (Å²) in [4.78, 5) is 0. The minimum absolute atomic E-state index is 0. The number of unbranched alkanes of at least 4 members (excludes halogenated alkanes) is 9. The monoisotopic (exact) mass is 482 g/mol. The molecule has 0 bridgehead atoms. The molecule has 0 rings (SSSR count). The predicted molar refractivity (Wildman–Crippen MR) is 130 cm³/mol. The Morgan fingerprint density at radius 2 is 1.03 bits per heavy atom. The van der Waals surface area contributed by atoms with Gasteiger partial charge in [-0.2, -0.15) is 0 Å². The summed E-state index contributed by atoms with van der Waals surface area (Å²) < 4.78 is 0.959. The van der Waals surface area contributed by atoms with Crippen molar-refractivity contribution in [1.29, 1.82) is 0 Å². The van der Waals surface area contributed by atoms with Crippen molar-refractivity contribution >= 4 is 10.2 Å². The van der Waals surface area contributed by atoms with E-state index in [1.807, 2.05) is 0 Å². The van der Waals surface area contributed by atoms with Crippen LogP contribution >= 0.6 is 0 Å². The Hall–Kier alpha value is -0.123. The lowest BCUT2D eigenvalue weighted by Gasteiger charge is -2.35. The smallest absolute Gasteiger partial charge is 0.138 e. The molecule has 0 aliphatic carbocycles. The molecule has 29 heavy (non-hydrogen) atoms. The van der Waals surface area contributed by atoms with Crippen LogP contribution in [0.2, 0.25) is 0 Å². The molecule has 0 atom stereocenters. The van der Waals surface area contributed by atoms with Crippen LogP contribution in [0.3, 0.4) is 0 Å². The minimum atomic E-state index is 0. The van der Waals surface area contributed by atoms with Crippen molar-refractivity contribution in [2.75, 3.05) is 20.6 Å². The molecule has 0 aromatic heterocycles. The molecule has 0 saturated heterocycles. The van der Waals surface area contributed by atoms with Gasteiger partial charge in [0.1, 0.15) is 5.70 Å². The molecule has 1 nitrogen and oxygen atoms in total. The fourth-order valence-electron chi connectivity index (χ4n) is 4.12. The molecule has 0 saturated carbocycles. The van der Waals surface area contributed by atoms with E-state index in [4.69, 9.17) is 0 Å². The Labute approximate surface area is 197 Å². The second kappa shape index (κ2) is 16.6. The molecule has 0 aromatic rings. The number of nitrogens with zero attached hydrogens (tertiary/aromatic N) is 1. The molecule has 0 N–H and O–H groups in total. The quantitative estimate of drug-likeness (QED) is 0.140. The van der Waals surface area contributed by atoms with E-state index in [0.29, 0.717) is 0 Å². The largest absolute Gasteiger partial charge is 1.00 e. The second-order valence-electron chi connectivity index (χ2n) is 9.69. The average Bonchev–Trinajstić information content (AvgIpc) is 2.59. The summed E-state index contributed by atoms with van der Waals surface area (Å²) in [6.45, 7) is 16.9. The van der Waals surface area contributed by atoms with Crippen LogP contribution in [0.15, 0.2) is 33.2 Å². The van der Waals surface area contributed by atoms with Crippen molar-refractivity contribution in [3.8, 4) is 0 Å². The van der Waals surface area contributed by atoms with E-state index in [1.165, 1.54) is 104 Å². The summed E-state index contributed by atoms with van der Waals surface area (Å²) in [6, 6.07) is 0. The predicted octanol–water partition coefficient (Wildman–Crippen LogP) is 5.08. The van der Waals surface area contributed by atoms with Gasteiger partial charge >= 0.3 is 0 Å². The minimum Gasteiger partial charge on any atom is -1.00 e. The highest BCUT2D eigenvalue weighted by Gasteiger charge is 2.28. The molecule has 0 aliphatic rings. The average molecular weight is 484 g/mol. The number of rotatable bonds is 14. The van der Waals surface area contributed by atoms with E-state index in [0.717, 1.165) is 4.48 Å². The van der Waals surface area contributed by atoms with Crippen LogP contribution < -0.4 is 17.0 Å². The van der Waals surface area contributed by atoms with E-state index >= 15 is 0 Å². The van der Waals surface area contributed by atoms with Crippen molar-refractivity contribution in [3.05, 3.63) is 33.2 Å². The third kappa shape index (κ3) is 12.4. The third-order valence-electron chi connectivity index (χ3n) is 5.64. The Morgan fingerprint density at radius 3 is 1.38 bits per heavy atom. The lowest BCUT2D eigenvalue weighted by Crippen LogP contribution is -3.00. The Kier molecular flexibility index (Phi) is 17.7. The van der Waals surface area contributed by atoms with Gasteiger partial charge in [0.25, 0.3) is 0 Å². The second-order valence-corrected chi connectivity index (χ2v) is 10.2. The number of likely N-dealkylation sites (N-methyl/N-ethyl adjacent to an activating group) is 1. The Bertz CT molecular complexity index is 543. The summed E-state index contributed by atoms with van der Waals surface area (Å²) >= 11 is 0. The first-order valence-electron chi connectivity index (χ1n) is 11.6. The van der Waals surface area contributed by atoms with Gasteiger partial charge < -0.3 is 17.0 Å². The number of hydrogen-bond acceptors (Lipinski definition) is 0. The van der Waals surface area contributed by atoms with Gasteiger partial charge in [0, 0.05) is 5.57 Å². The molecule has 0 amide bonds. The Balaban J connectivity index is 0. The maximum Gasteiger partial charge on any atom is 0.138 e. The first kappa shape index (κ1) is 31.1. The highest BCUT2D eigenvalue weighted by Crippen LogP contribution is 2.32. The fraction of sp³-hybridized carbons (Fsp3) is 0.769. The van der Waals surface area contributed by atoms with Crippen LogP contribution in [0.4, 0.5) is 0 Å². The SMILES string of the molecule is CCCCCCCCCCCC[N+](C)(C)C(=C(C)C)C(=C(C)C)C([Si])=C(C)C.[Br-]. The van der Waals surface area contributed by atoms with Gasteiger partial charge in [-0.25, -0.2) is 0 Å². The number of halogens is 1. The molecule has 0 spiro atoms. The maximum absolute atomic E-state index is 3.94. The zero-order valence-corrected chi connectivity index (χ0v) is 23.7. The van der Waals surface area contributed by atoms with E-state index < -0.39 is 0 Å². The highest BCUT2D eigenvalue weighted by molar-refractivity contribution is 6.25. The van der Waals surface area contributed by atoms with Gasteiger partial charge in [-0.3, -0.25) is 4.48 Å². The van der Waals surface area contributed by atoms with Gasteiger partial charge in [-0.05, 0) is 60.0 Å². The summed E-state index contributed by atoms with van der Waals surface area (Å²) in [7, 11) is 8.70. The van der Waals surface area contributed by atoms with Crippen LogP contribution in [0.25, 0.3) is 0 Å². The van der Waals surface area contributed by atoms with Gasteiger partial charge in [-0.1, -0.05) is 74.6 Å². The van der Waals surface area contributed by atoms with Crippen molar-refractivity contribution < 1.29 is 21.5 Å². The van der Waals surface area contributed by atoms with E-state index in [-0.39, 0.29) is 17.0 Å². The molecule has 0 aromatic carbocycles. The first-order chi connectivity index (χ1) is 13.1. The molecule has 0 heterocycles. The fourth-order valence-corrected chi connectivity index (χ4v) is 4.49. The molecule has 3 radical (unpaired) electrons. The molecule has 3 heteroatoms. The van der Waals surface area contributed by atoms with Crippen molar-refractivity contribution in [2.24, 2.45) is 0 Å². The molecule has 0 aliphatic heterocycles. The van der Waals surface area contributed by atoms with Crippen LogP contribution in [-0.2, 0) is 0 Å². The summed E-state index contributed by atoms with van der Waals surface area (Å²) in [5.74, 6) is 0. The van der Waals surface area contributed by atoms with E-state index in [1.54, 1.807) is 0 Å². The van der Waals surface area contributed by atoms with Gasteiger partial charge in [0.2, 0.25) is 0 Å². The lowest BCUT2D eigenvalue weighted by atomic mass is 9.98. The van der Waals surface area contributed by atoms with Gasteiger partial charge in [-0.15, -0.1) is 0 Å². The van der Waals surface area contributed by atoms with Crippen molar-refractivity contribution in [1.82, 2.24) is 0 Å². The zero-order chi connectivity index (χ0) is 21.7. The molecular weight excluding hydrogens is 434 g/mol. The summed E-state index contributed by atoms with van der Waals surface area (Å²) in [5, 5.41) is 1.26. The standard InChI is InChI=1S/C26H49NSi.BrH/c1-10-11-12-13-14-15-16-17-18-19-20-27(8,9)25(22(4)5)24(21(2)3)26(28)23(6)7;/h10-20H2,1-9H3;1H/q+1;/p-1. The zero-order valence-electron chi connectivity index (χ0n) is 21.1. The molecule has 169 valence electrons. The van der Waals surface area contributed by atoms with Gasteiger partial charge in [0.15, 0.2) is 0 Å². The number of allylic oxidation sites excluding steroid dienone is 4. The van der Waals surface area contributed by atoms with Crippen LogP contribution in [-0.4, -0.2) is 35.4 Å². The van der Waals surface area contributed by atoms with Crippen LogP contribution in [0, 0.1) is 0 Å². The Morgan fingerprint density at radius 1 is 0.621 bits per heavy atom. The third-order valence-corrected chi connectivity index (χ3v) is 6.39. The van der Waals surface area contributed by atoms with E-state index in [9.17, 15) is 0 Å². The van der Waals surface area contributed by atoms with Gasteiger partial charge in [0.05, 0.1) is 30.9 Å². The normalized spacial score (nSPS) is 11.0. The van der Waals surface area contributed by atoms with Crippen LogP contribution in [0.5, 0.6) is 0 Å². The lowest BCUT2D eigenvalue weighted by molar-refractivity contribution is -0.850. The van der Waals surface area contributed by atoms with E-state index in [2.05, 4.69) is 72.8 Å². The van der Waals surface area contributed by atoms with Crippen LogP contribution in [0.1, 0.15) is 113 Å². The molecular formula is C26H49BrNSi. The maximum atomic E-state index is 3.94. The highest BCUT2D eigenvalue weighted by atomic mass is 79.9. The first-order valence-corrected chi connectivity index (χ1v) is 12.1. The summed E-state index contributed by atoms with van der Waals surface area (Å²) in [6.07, 6.45) is 14.0. The van der Waals surface area contributed by atoms with Crippen molar-refractivity contribution in [3.63, 3.8) is 0 Å².